The molecule has 0 amide bonds. The maximum atomic E-state index is 5.16. The van der Waals surface area contributed by atoms with E-state index in [0.717, 1.165) is 6.42 Å². The first-order chi connectivity index (χ1) is 4.38. The van der Waals surface area contributed by atoms with Gasteiger partial charge in [-0.3, -0.25) is 0 Å². The smallest absolute Gasteiger partial charge is 0.106 e. The molecule has 0 aromatic carbocycles. The van der Waals surface area contributed by atoms with Gasteiger partial charge in [-0.05, 0) is 6.42 Å². The van der Waals surface area contributed by atoms with Gasteiger partial charge in [0.1, 0.15) is 12.2 Å². The Balaban J connectivity index is 2.18. The van der Waals surface area contributed by atoms with Gasteiger partial charge in [-0.15, -0.1) is 6.58 Å². The van der Waals surface area contributed by atoms with E-state index < -0.39 is 0 Å². The lowest BCUT2D eigenvalue weighted by Gasteiger charge is -1.75. The van der Waals surface area contributed by atoms with Crippen molar-refractivity contribution in [1.29, 1.82) is 0 Å². The van der Waals surface area contributed by atoms with Crippen molar-refractivity contribution in [3.8, 4) is 0 Å². The summed E-state index contributed by atoms with van der Waals surface area (Å²) >= 11 is 0. The number of allylic oxidation sites excluding steroid dienone is 1. The monoisotopic (exact) mass is 124 g/mol. The first-order valence-corrected chi connectivity index (χ1v) is 3.33. The third-order valence-corrected chi connectivity index (χ3v) is 1.36. The summed E-state index contributed by atoms with van der Waals surface area (Å²) in [4.78, 5) is 0. The lowest BCUT2D eigenvalue weighted by atomic mass is 10.3. The molecule has 2 atom stereocenters. The predicted octanol–water partition coefficient (Wildman–Crippen LogP) is 1.91. The van der Waals surface area contributed by atoms with Crippen molar-refractivity contribution in [3.63, 3.8) is 0 Å². The molecule has 9 heavy (non-hydrogen) atoms. The summed E-state index contributed by atoms with van der Waals surface area (Å²) in [6.07, 6.45) is 7.77. The molecule has 0 N–H and O–H groups in total. The van der Waals surface area contributed by atoms with E-state index >= 15 is 0 Å². The Morgan fingerprint density at radius 2 is 2.33 bits per heavy atom. The van der Waals surface area contributed by atoms with E-state index in [1.54, 1.807) is 0 Å². The van der Waals surface area contributed by atoms with Crippen LogP contribution in [0.25, 0.3) is 0 Å². The Morgan fingerprint density at radius 3 is 2.78 bits per heavy atom. The fraction of sp³-hybridized carbons (Fsp3) is 0.500. The van der Waals surface area contributed by atoms with Crippen LogP contribution in [-0.2, 0) is 4.74 Å². The van der Waals surface area contributed by atoms with Crippen molar-refractivity contribution in [2.75, 3.05) is 0 Å². The van der Waals surface area contributed by atoms with Gasteiger partial charge in [0.15, 0.2) is 0 Å². The van der Waals surface area contributed by atoms with Gasteiger partial charge >= 0.3 is 0 Å². The zero-order valence-electron chi connectivity index (χ0n) is 5.71. The normalized spacial score (nSPS) is 33.0. The van der Waals surface area contributed by atoms with Crippen molar-refractivity contribution in [2.45, 2.75) is 25.6 Å². The largest absolute Gasteiger partial charge is 0.361 e. The second-order valence-corrected chi connectivity index (χ2v) is 2.14. The average molecular weight is 124 g/mol. The lowest BCUT2D eigenvalue weighted by molar-refractivity contribution is 0.413. The van der Waals surface area contributed by atoms with Crippen LogP contribution >= 0.6 is 0 Å². The minimum absolute atomic E-state index is 0.299. The first-order valence-electron chi connectivity index (χ1n) is 3.33. The number of hydrogen-bond donors (Lipinski definition) is 0. The van der Waals surface area contributed by atoms with Crippen molar-refractivity contribution in [3.05, 3.63) is 24.8 Å². The first kappa shape index (κ1) is 6.56. The summed E-state index contributed by atoms with van der Waals surface area (Å²) in [5.74, 6) is 0. The molecule has 50 valence electrons. The molecule has 0 aliphatic carbocycles. The van der Waals surface area contributed by atoms with Crippen LogP contribution in [0.3, 0.4) is 0 Å². The van der Waals surface area contributed by atoms with Crippen LogP contribution in [0.4, 0.5) is 0 Å². The third-order valence-electron chi connectivity index (χ3n) is 1.36. The minimum atomic E-state index is 0.299. The molecule has 1 aliphatic heterocycles. The summed E-state index contributed by atoms with van der Waals surface area (Å²) in [6, 6.07) is 0. The molecule has 0 bridgehead atoms. The Bertz CT molecular complexity index is 127. The summed E-state index contributed by atoms with van der Waals surface area (Å²) in [5.41, 5.74) is 0. The van der Waals surface area contributed by atoms with E-state index in [-0.39, 0.29) is 0 Å². The molecule has 1 heteroatoms. The maximum absolute atomic E-state index is 5.16. The molecule has 1 aliphatic rings. The van der Waals surface area contributed by atoms with Crippen LogP contribution in [0.5, 0.6) is 0 Å². The van der Waals surface area contributed by atoms with Crippen LogP contribution in [0.1, 0.15) is 13.3 Å². The van der Waals surface area contributed by atoms with E-state index in [9.17, 15) is 0 Å². The van der Waals surface area contributed by atoms with E-state index in [4.69, 9.17) is 4.74 Å². The fourth-order valence-electron chi connectivity index (χ4n) is 0.751. The average Bonchev–Trinajstić information content (AvgIpc) is 2.62. The Hall–Kier alpha value is -0.560. The van der Waals surface area contributed by atoms with E-state index in [2.05, 4.69) is 25.7 Å². The standard InChI is InChI=1S/C8H12O/c1-3-5-6-8-7(4-2)9-8/h4-8H,2-3H2,1H3/b6-5+/t7-,8+/m0/s1. The number of hydrogen-bond acceptors (Lipinski definition) is 1. The lowest BCUT2D eigenvalue weighted by Crippen LogP contribution is -1.81. The van der Waals surface area contributed by atoms with Gasteiger partial charge in [-0.1, -0.05) is 25.2 Å². The highest BCUT2D eigenvalue weighted by Crippen LogP contribution is 2.23. The quantitative estimate of drug-likeness (QED) is 0.413. The maximum Gasteiger partial charge on any atom is 0.106 e. The van der Waals surface area contributed by atoms with Gasteiger partial charge in [0.2, 0.25) is 0 Å². The van der Waals surface area contributed by atoms with Crippen molar-refractivity contribution < 1.29 is 4.74 Å². The van der Waals surface area contributed by atoms with Gasteiger partial charge in [-0.25, -0.2) is 0 Å². The summed E-state index contributed by atoms with van der Waals surface area (Å²) in [5, 5.41) is 0. The van der Waals surface area contributed by atoms with Gasteiger partial charge in [-0.2, -0.15) is 0 Å². The Labute approximate surface area is 56.0 Å². The third kappa shape index (κ3) is 1.68. The van der Waals surface area contributed by atoms with Gasteiger partial charge in [0.05, 0.1) is 0 Å². The zero-order valence-corrected chi connectivity index (χ0v) is 5.71. The molecule has 0 aromatic rings. The predicted molar refractivity (Wildman–Crippen MR) is 38.3 cm³/mol. The highest BCUT2D eigenvalue weighted by molar-refractivity contribution is 5.08. The molecular formula is C8H12O. The fourth-order valence-corrected chi connectivity index (χ4v) is 0.751. The molecule has 1 rings (SSSR count). The van der Waals surface area contributed by atoms with Crippen LogP contribution in [0.15, 0.2) is 24.8 Å². The molecule has 1 saturated heterocycles. The summed E-state index contributed by atoms with van der Waals surface area (Å²) in [6.45, 7) is 5.74. The van der Waals surface area contributed by atoms with Crippen molar-refractivity contribution in [2.24, 2.45) is 0 Å². The van der Waals surface area contributed by atoms with E-state index in [1.807, 2.05) is 6.08 Å². The van der Waals surface area contributed by atoms with Crippen LogP contribution < -0.4 is 0 Å². The van der Waals surface area contributed by atoms with Gasteiger partial charge < -0.3 is 4.74 Å². The summed E-state index contributed by atoms with van der Waals surface area (Å²) < 4.78 is 5.16. The topological polar surface area (TPSA) is 12.5 Å². The number of rotatable bonds is 3. The van der Waals surface area contributed by atoms with Gasteiger partial charge in [0, 0.05) is 0 Å². The van der Waals surface area contributed by atoms with Gasteiger partial charge in [0.25, 0.3) is 0 Å². The van der Waals surface area contributed by atoms with Crippen LogP contribution in [0, 0.1) is 0 Å². The van der Waals surface area contributed by atoms with Crippen LogP contribution in [-0.4, -0.2) is 12.2 Å². The van der Waals surface area contributed by atoms with Crippen molar-refractivity contribution >= 4 is 0 Å². The Morgan fingerprint density at radius 1 is 1.56 bits per heavy atom. The Kier molecular flexibility index (Phi) is 2.06. The van der Waals surface area contributed by atoms with E-state index in [1.165, 1.54) is 0 Å². The summed E-state index contributed by atoms with van der Waals surface area (Å²) in [7, 11) is 0. The molecule has 1 nitrogen and oxygen atoms in total. The molecule has 0 saturated carbocycles. The van der Waals surface area contributed by atoms with E-state index in [0.29, 0.717) is 12.2 Å². The second kappa shape index (κ2) is 2.83. The highest BCUT2D eigenvalue weighted by Gasteiger charge is 2.32. The second-order valence-electron chi connectivity index (χ2n) is 2.14. The molecule has 0 spiro atoms. The van der Waals surface area contributed by atoms with Crippen molar-refractivity contribution in [1.82, 2.24) is 0 Å². The molecule has 0 aromatic heterocycles. The molecule has 0 radical (unpaired) electrons. The minimum Gasteiger partial charge on any atom is -0.361 e. The number of epoxide rings is 1. The number of ether oxygens (including phenoxy) is 1. The molecule has 1 heterocycles. The molecular weight excluding hydrogens is 112 g/mol. The highest BCUT2D eigenvalue weighted by atomic mass is 16.6. The molecule has 1 fully saturated rings. The zero-order chi connectivity index (χ0) is 6.69. The van der Waals surface area contributed by atoms with Crippen LogP contribution in [0.2, 0.25) is 0 Å². The SMILES string of the molecule is C=C[C@@H]1O[C@@H]1/C=C/CC. The molecule has 0 unspecified atom stereocenters.